The van der Waals surface area contributed by atoms with Gasteiger partial charge in [0.1, 0.15) is 0 Å². The smallest absolute Gasteiger partial charge is 0.153 e. The molecule has 0 radical (unpaired) electrons. The standard InChI is InChI=1S/C12H16O/c1-11(2)9-7-5-4-6-8-10-12(3)13/h8-10H,5,7H2,1-3H3/b10-8+. The van der Waals surface area contributed by atoms with Gasteiger partial charge in [0, 0.05) is 6.42 Å². The molecule has 0 amide bonds. The lowest BCUT2D eigenvalue weighted by Crippen LogP contribution is -1.77. The Balaban J connectivity index is 3.63. The minimum absolute atomic E-state index is 0.0404. The van der Waals surface area contributed by atoms with Crippen molar-refractivity contribution >= 4 is 5.78 Å². The van der Waals surface area contributed by atoms with E-state index in [2.05, 4.69) is 31.8 Å². The van der Waals surface area contributed by atoms with E-state index in [1.54, 1.807) is 6.08 Å². The van der Waals surface area contributed by atoms with Crippen LogP contribution < -0.4 is 0 Å². The van der Waals surface area contributed by atoms with Crippen molar-refractivity contribution in [2.45, 2.75) is 33.6 Å². The molecule has 13 heavy (non-hydrogen) atoms. The van der Waals surface area contributed by atoms with Crippen LogP contribution in [0.25, 0.3) is 0 Å². The van der Waals surface area contributed by atoms with Crippen LogP contribution in [-0.2, 0) is 4.79 Å². The molecule has 70 valence electrons. The Morgan fingerprint density at radius 2 is 2.00 bits per heavy atom. The van der Waals surface area contributed by atoms with E-state index in [-0.39, 0.29) is 5.78 Å². The van der Waals surface area contributed by atoms with Crippen LogP contribution in [0.2, 0.25) is 0 Å². The maximum atomic E-state index is 10.5. The van der Waals surface area contributed by atoms with Crippen molar-refractivity contribution in [3.63, 3.8) is 0 Å². The molecule has 0 aliphatic heterocycles. The molecule has 0 aliphatic carbocycles. The SMILES string of the molecule is CC(=O)/C=C/C#CCCC=C(C)C. The quantitative estimate of drug-likeness (QED) is 0.280. The molecule has 0 aliphatic rings. The zero-order chi connectivity index (χ0) is 10.1. The summed E-state index contributed by atoms with van der Waals surface area (Å²) in [5.41, 5.74) is 1.32. The molecule has 0 saturated carbocycles. The molecule has 0 spiro atoms. The zero-order valence-corrected chi connectivity index (χ0v) is 8.55. The molecule has 0 aromatic heterocycles. The van der Waals surface area contributed by atoms with Gasteiger partial charge in [-0.1, -0.05) is 23.5 Å². The maximum absolute atomic E-state index is 10.5. The lowest BCUT2D eigenvalue weighted by molar-refractivity contribution is -0.112. The molecule has 0 atom stereocenters. The first kappa shape index (κ1) is 11.7. The predicted molar refractivity (Wildman–Crippen MR) is 56.3 cm³/mol. The maximum Gasteiger partial charge on any atom is 0.153 e. The van der Waals surface area contributed by atoms with Crippen molar-refractivity contribution in [3.05, 3.63) is 23.8 Å². The third-order valence-corrected chi connectivity index (χ3v) is 1.33. The van der Waals surface area contributed by atoms with Crippen molar-refractivity contribution in [2.24, 2.45) is 0 Å². The third-order valence-electron chi connectivity index (χ3n) is 1.33. The van der Waals surface area contributed by atoms with E-state index in [4.69, 9.17) is 0 Å². The highest BCUT2D eigenvalue weighted by Crippen LogP contribution is 1.95. The second-order valence-electron chi connectivity index (χ2n) is 3.09. The summed E-state index contributed by atoms with van der Waals surface area (Å²) in [5.74, 6) is 5.81. The van der Waals surface area contributed by atoms with Crippen LogP contribution >= 0.6 is 0 Å². The summed E-state index contributed by atoms with van der Waals surface area (Å²) < 4.78 is 0. The van der Waals surface area contributed by atoms with Gasteiger partial charge in [-0.25, -0.2) is 0 Å². The minimum atomic E-state index is 0.0404. The van der Waals surface area contributed by atoms with Crippen molar-refractivity contribution in [3.8, 4) is 11.8 Å². The van der Waals surface area contributed by atoms with Crippen LogP contribution in [0.4, 0.5) is 0 Å². The molecular formula is C12H16O. The molecule has 0 aromatic rings. The van der Waals surface area contributed by atoms with Gasteiger partial charge in [-0.3, -0.25) is 4.79 Å². The van der Waals surface area contributed by atoms with E-state index in [9.17, 15) is 4.79 Å². The predicted octanol–water partition coefficient (Wildman–Crippen LogP) is 2.88. The highest BCUT2D eigenvalue weighted by molar-refractivity contribution is 5.87. The van der Waals surface area contributed by atoms with E-state index in [1.807, 2.05) is 0 Å². The van der Waals surface area contributed by atoms with Crippen LogP contribution in [0.5, 0.6) is 0 Å². The summed E-state index contributed by atoms with van der Waals surface area (Å²) in [6.07, 6.45) is 7.08. The van der Waals surface area contributed by atoms with E-state index < -0.39 is 0 Å². The lowest BCUT2D eigenvalue weighted by atomic mass is 10.2. The molecule has 1 heteroatoms. The molecule has 1 nitrogen and oxygen atoms in total. The minimum Gasteiger partial charge on any atom is -0.295 e. The Morgan fingerprint density at radius 1 is 1.31 bits per heavy atom. The van der Waals surface area contributed by atoms with Gasteiger partial charge < -0.3 is 0 Å². The van der Waals surface area contributed by atoms with Crippen LogP contribution in [0.1, 0.15) is 33.6 Å². The Hall–Kier alpha value is -1.29. The van der Waals surface area contributed by atoms with Gasteiger partial charge in [-0.15, -0.1) is 0 Å². The van der Waals surface area contributed by atoms with Crippen LogP contribution in [-0.4, -0.2) is 5.78 Å². The first-order chi connectivity index (χ1) is 6.13. The molecule has 0 fully saturated rings. The number of carbonyl (C=O) groups is 1. The second kappa shape index (κ2) is 7.36. The summed E-state index contributed by atoms with van der Waals surface area (Å²) in [4.78, 5) is 10.5. The van der Waals surface area contributed by atoms with Gasteiger partial charge in [0.25, 0.3) is 0 Å². The highest BCUT2D eigenvalue weighted by atomic mass is 16.1. The largest absolute Gasteiger partial charge is 0.295 e. The average molecular weight is 176 g/mol. The van der Waals surface area contributed by atoms with Crippen molar-refractivity contribution in [1.82, 2.24) is 0 Å². The molecule has 0 heterocycles. The summed E-state index contributed by atoms with van der Waals surface area (Å²) in [5, 5.41) is 0. The van der Waals surface area contributed by atoms with Gasteiger partial charge >= 0.3 is 0 Å². The summed E-state index contributed by atoms with van der Waals surface area (Å²) in [6, 6.07) is 0. The molecule has 0 rings (SSSR count). The third kappa shape index (κ3) is 10.7. The number of ketones is 1. The molecule has 0 unspecified atom stereocenters. The summed E-state index contributed by atoms with van der Waals surface area (Å²) >= 11 is 0. The molecule has 0 bridgehead atoms. The van der Waals surface area contributed by atoms with E-state index >= 15 is 0 Å². The number of rotatable bonds is 3. The van der Waals surface area contributed by atoms with Gasteiger partial charge in [-0.2, -0.15) is 0 Å². The molecule has 0 saturated heterocycles. The summed E-state index contributed by atoms with van der Waals surface area (Å²) in [7, 11) is 0. The monoisotopic (exact) mass is 176 g/mol. The molecule has 0 N–H and O–H groups in total. The first-order valence-electron chi connectivity index (χ1n) is 4.42. The first-order valence-corrected chi connectivity index (χ1v) is 4.42. The zero-order valence-electron chi connectivity index (χ0n) is 8.55. The lowest BCUT2D eigenvalue weighted by Gasteiger charge is -1.85. The Kier molecular flexibility index (Phi) is 6.63. The Labute approximate surface area is 80.5 Å². The average Bonchev–Trinajstić information content (AvgIpc) is 2.01. The van der Waals surface area contributed by atoms with Crippen LogP contribution in [0, 0.1) is 11.8 Å². The normalized spacial score (nSPS) is 9.15. The molecule has 0 aromatic carbocycles. The number of unbranched alkanes of at least 4 members (excludes halogenated alkanes) is 1. The number of hydrogen-bond donors (Lipinski definition) is 0. The number of allylic oxidation sites excluding steroid dienone is 4. The fraction of sp³-hybridized carbons (Fsp3) is 0.417. The number of hydrogen-bond acceptors (Lipinski definition) is 1. The van der Waals surface area contributed by atoms with E-state index in [0.717, 1.165) is 12.8 Å². The van der Waals surface area contributed by atoms with Crippen LogP contribution in [0.3, 0.4) is 0 Å². The van der Waals surface area contributed by atoms with Crippen molar-refractivity contribution in [2.75, 3.05) is 0 Å². The fourth-order valence-corrected chi connectivity index (χ4v) is 0.723. The topological polar surface area (TPSA) is 17.1 Å². The van der Waals surface area contributed by atoms with Gasteiger partial charge in [0.2, 0.25) is 0 Å². The second-order valence-corrected chi connectivity index (χ2v) is 3.09. The van der Waals surface area contributed by atoms with E-state index in [1.165, 1.54) is 18.6 Å². The van der Waals surface area contributed by atoms with E-state index in [0.29, 0.717) is 0 Å². The van der Waals surface area contributed by atoms with Gasteiger partial charge in [0.15, 0.2) is 5.78 Å². The van der Waals surface area contributed by atoms with Crippen molar-refractivity contribution < 1.29 is 4.79 Å². The van der Waals surface area contributed by atoms with Gasteiger partial charge in [0.05, 0.1) is 0 Å². The Morgan fingerprint density at radius 3 is 2.54 bits per heavy atom. The van der Waals surface area contributed by atoms with Crippen molar-refractivity contribution in [1.29, 1.82) is 0 Å². The van der Waals surface area contributed by atoms with Gasteiger partial charge in [-0.05, 0) is 39.3 Å². The van der Waals surface area contributed by atoms with Crippen LogP contribution in [0.15, 0.2) is 23.8 Å². The Bertz CT molecular complexity index is 267. The molecular weight excluding hydrogens is 160 g/mol. The summed E-state index contributed by atoms with van der Waals surface area (Å²) in [6.45, 7) is 5.66. The highest BCUT2D eigenvalue weighted by Gasteiger charge is 1.78. The fourth-order valence-electron chi connectivity index (χ4n) is 0.723. The number of carbonyl (C=O) groups excluding carboxylic acids is 1.